The summed E-state index contributed by atoms with van der Waals surface area (Å²) in [4.78, 5) is 2.38. The smallest absolute Gasteiger partial charge is 0.136 e. The molecule has 0 unspecified atom stereocenters. The van der Waals surface area contributed by atoms with Gasteiger partial charge in [0.2, 0.25) is 0 Å². The maximum absolute atomic E-state index is 6.43. The molecule has 0 amide bonds. The van der Waals surface area contributed by atoms with Gasteiger partial charge in [-0.1, -0.05) is 135 Å². The van der Waals surface area contributed by atoms with Crippen LogP contribution in [0.15, 0.2) is 192 Å². The molecule has 2 nitrogen and oxygen atoms in total. The summed E-state index contributed by atoms with van der Waals surface area (Å²) in [6.07, 6.45) is 0. The monoisotopic (exact) mass is 703 g/mol. The maximum atomic E-state index is 6.43. The van der Waals surface area contributed by atoms with Gasteiger partial charge in [-0.2, -0.15) is 0 Å². The van der Waals surface area contributed by atoms with E-state index < -0.39 is 0 Å². The molecule has 1 heterocycles. The van der Waals surface area contributed by atoms with Crippen LogP contribution in [-0.4, -0.2) is 0 Å². The van der Waals surface area contributed by atoms with E-state index in [-0.39, 0.29) is 5.41 Å². The molecule has 1 aromatic heterocycles. The van der Waals surface area contributed by atoms with Gasteiger partial charge in [-0.15, -0.1) is 0 Å². The highest BCUT2D eigenvalue weighted by atomic mass is 16.3. The van der Waals surface area contributed by atoms with E-state index in [2.05, 4.69) is 207 Å². The molecule has 1 aliphatic rings. The van der Waals surface area contributed by atoms with Crippen molar-refractivity contribution in [3.8, 4) is 33.4 Å². The van der Waals surface area contributed by atoms with E-state index in [9.17, 15) is 0 Å². The first-order valence-electron chi connectivity index (χ1n) is 19.1. The SMILES string of the molecule is CC1(C)c2ccccc2-c2cc(N(c3ccc(-c4ccc5ccccc5c4)cc3)c3ccc(-c4ccc5c(c4)oc4cc6ccccc6cc45)cc3)ccc21. The highest BCUT2D eigenvalue weighted by Gasteiger charge is 2.35. The Hall–Kier alpha value is -6.90. The minimum absolute atomic E-state index is 0.0488. The van der Waals surface area contributed by atoms with Crippen molar-refractivity contribution in [2.24, 2.45) is 0 Å². The molecule has 10 aromatic rings. The number of nitrogens with zero attached hydrogens (tertiary/aromatic N) is 1. The van der Waals surface area contributed by atoms with Gasteiger partial charge in [-0.05, 0) is 133 Å². The molecule has 55 heavy (non-hydrogen) atoms. The molecule has 0 atom stereocenters. The second-order valence-electron chi connectivity index (χ2n) is 15.4. The lowest BCUT2D eigenvalue weighted by Crippen LogP contribution is -2.15. The molecule has 0 bridgehead atoms. The van der Waals surface area contributed by atoms with Crippen molar-refractivity contribution in [3.63, 3.8) is 0 Å². The zero-order valence-corrected chi connectivity index (χ0v) is 30.8. The van der Waals surface area contributed by atoms with Crippen LogP contribution in [0.4, 0.5) is 17.1 Å². The molecular formula is C53H37NO. The third-order valence-corrected chi connectivity index (χ3v) is 11.8. The predicted molar refractivity (Wildman–Crippen MR) is 232 cm³/mol. The first kappa shape index (κ1) is 31.6. The minimum atomic E-state index is -0.0488. The number of hydrogen-bond donors (Lipinski definition) is 0. The lowest BCUT2D eigenvalue weighted by Gasteiger charge is -2.27. The summed E-state index contributed by atoms with van der Waals surface area (Å²) < 4.78 is 6.43. The first-order chi connectivity index (χ1) is 27.0. The molecule has 1 aliphatic carbocycles. The zero-order valence-electron chi connectivity index (χ0n) is 30.8. The van der Waals surface area contributed by atoms with Gasteiger partial charge in [0.15, 0.2) is 0 Å². The van der Waals surface area contributed by atoms with E-state index >= 15 is 0 Å². The summed E-state index contributed by atoms with van der Waals surface area (Å²) in [5, 5.41) is 7.21. The number of furan rings is 1. The van der Waals surface area contributed by atoms with Crippen molar-refractivity contribution in [3.05, 3.63) is 199 Å². The fourth-order valence-corrected chi connectivity index (χ4v) is 8.91. The van der Waals surface area contributed by atoms with Crippen LogP contribution in [0.1, 0.15) is 25.0 Å². The summed E-state index contributed by atoms with van der Waals surface area (Å²) in [5.41, 5.74) is 15.2. The minimum Gasteiger partial charge on any atom is -0.456 e. The molecule has 0 saturated carbocycles. The Morgan fingerprint density at radius 2 is 0.891 bits per heavy atom. The van der Waals surface area contributed by atoms with E-state index in [4.69, 9.17) is 4.42 Å². The molecular weight excluding hydrogens is 667 g/mol. The average Bonchev–Trinajstić information content (AvgIpc) is 3.70. The Bertz CT molecular complexity index is 3110. The number of fused-ring (bicyclic) bond motifs is 8. The van der Waals surface area contributed by atoms with Gasteiger partial charge in [0.1, 0.15) is 11.2 Å². The highest BCUT2D eigenvalue weighted by molar-refractivity contribution is 6.10. The van der Waals surface area contributed by atoms with Crippen molar-refractivity contribution in [2.75, 3.05) is 4.90 Å². The fourth-order valence-electron chi connectivity index (χ4n) is 8.91. The fraction of sp³-hybridized carbons (Fsp3) is 0.0566. The third kappa shape index (κ3) is 5.10. The number of hydrogen-bond acceptors (Lipinski definition) is 2. The Morgan fingerprint density at radius 1 is 0.364 bits per heavy atom. The van der Waals surface area contributed by atoms with Crippen LogP contribution in [0.2, 0.25) is 0 Å². The third-order valence-electron chi connectivity index (χ3n) is 11.8. The summed E-state index contributed by atoms with van der Waals surface area (Å²) in [7, 11) is 0. The van der Waals surface area contributed by atoms with Gasteiger partial charge in [-0.25, -0.2) is 0 Å². The lowest BCUT2D eigenvalue weighted by atomic mass is 9.82. The van der Waals surface area contributed by atoms with Crippen molar-refractivity contribution in [1.29, 1.82) is 0 Å². The largest absolute Gasteiger partial charge is 0.456 e. The van der Waals surface area contributed by atoms with Crippen molar-refractivity contribution < 1.29 is 4.42 Å². The van der Waals surface area contributed by atoms with Crippen molar-refractivity contribution >= 4 is 60.5 Å². The van der Waals surface area contributed by atoms with Gasteiger partial charge in [0.05, 0.1) is 0 Å². The number of benzene rings is 9. The van der Waals surface area contributed by atoms with Crippen LogP contribution in [0, 0.1) is 0 Å². The standard InChI is InChI=1S/C53H37NO/c1-53(2)49-14-8-7-13-45(49)47-33-44(26-28-50(47)53)54(42-22-17-35(18-23-42)40-16-15-34-9-3-4-10-37(34)29-40)43-24-19-36(20-25-43)41-21-27-46-48-30-38-11-5-6-12-39(38)31-52(48)55-51(46)32-41/h3-33H,1-2H3. The van der Waals surface area contributed by atoms with E-state index in [1.165, 1.54) is 54.9 Å². The normalized spacial score (nSPS) is 13.1. The summed E-state index contributed by atoms with van der Waals surface area (Å²) >= 11 is 0. The summed E-state index contributed by atoms with van der Waals surface area (Å²) in [6, 6.07) is 68.5. The predicted octanol–water partition coefficient (Wildman–Crippen LogP) is 15.0. The lowest BCUT2D eigenvalue weighted by molar-refractivity contribution is 0.660. The van der Waals surface area contributed by atoms with Crippen LogP contribution >= 0.6 is 0 Å². The van der Waals surface area contributed by atoms with Crippen LogP contribution in [-0.2, 0) is 5.41 Å². The van der Waals surface area contributed by atoms with E-state index in [1.54, 1.807) is 0 Å². The molecule has 0 aliphatic heterocycles. The number of anilines is 3. The van der Waals surface area contributed by atoms with E-state index in [0.717, 1.165) is 50.1 Å². The Kier molecular flexibility index (Phi) is 6.93. The summed E-state index contributed by atoms with van der Waals surface area (Å²) in [6.45, 7) is 4.67. The molecule has 9 aromatic carbocycles. The van der Waals surface area contributed by atoms with Crippen LogP contribution in [0.25, 0.3) is 76.9 Å². The Labute approximate surface area is 320 Å². The van der Waals surface area contributed by atoms with Gasteiger partial charge in [0, 0.05) is 33.2 Å². The topological polar surface area (TPSA) is 16.4 Å². The molecule has 0 N–H and O–H groups in total. The quantitative estimate of drug-likeness (QED) is 0.177. The molecule has 0 saturated heterocycles. The molecule has 2 heteroatoms. The van der Waals surface area contributed by atoms with Gasteiger partial charge < -0.3 is 9.32 Å². The van der Waals surface area contributed by atoms with Crippen LogP contribution < -0.4 is 4.90 Å². The van der Waals surface area contributed by atoms with Crippen LogP contribution in [0.3, 0.4) is 0 Å². The molecule has 0 spiro atoms. The second kappa shape index (κ2) is 12.1. The first-order valence-corrected chi connectivity index (χ1v) is 19.1. The Balaban J connectivity index is 0.995. The molecule has 260 valence electrons. The maximum Gasteiger partial charge on any atom is 0.136 e. The zero-order chi connectivity index (χ0) is 36.7. The summed E-state index contributed by atoms with van der Waals surface area (Å²) in [5.74, 6) is 0. The van der Waals surface area contributed by atoms with E-state index in [1.807, 2.05) is 0 Å². The molecule has 0 fully saturated rings. The van der Waals surface area contributed by atoms with Gasteiger partial charge in [0.25, 0.3) is 0 Å². The molecule has 0 radical (unpaired) electrons. The molecule has 11 rings (SSSR count). The van der Waals surface area contributed by atoms with Gasteiger partial charge >= 0.3 is 0 Å². The van der Waals surface area contributed by atoms with Crippen LogP contribution in [0.5, 0.6) is 0 Å². The van der Waals surface area contributed by atoms with Crippen molar-refractivity contribution in [2.45, 2.75) is 19.3 Å². The van der Waals surface area contributed by atoms with E-state index in [0.29, 0.717) is 0 Å². The van der Waals surface area contributed by atoms with Gasteiger partial charge in [-0.3, -0.25) is 0 Å². The van der Waals surface area contributed by atoms with Crippen molar-refractivity contribution in [1.82, 2.24) is 0 Å². The number of rotatable bonds is 5. The highest BCUT2D eigenvalue weighted by Crippen LogP contribution is 2.50. The average molecular weight is 704 g/mol. The Morgan fingerprint density at radius 3 is 1.62 bits per heavy atom. The second-order valence-corrected chi connectivity index (χ2v) is 15.4.